The van der Waals surface area contributed by atoms with Crippen LogP contribution in [0.25, 0.3) is 0 Å². The molecule has 1 aliphatic rings. The van der Waals surface area contributed by atoms with E-state index in [1.807, 2.05) is 0 Å². The van der Waals surface area contributed by atoms with Crippen LogP contribution in [0.2, 0.25) is 0 Å². The molecule has 0 nitrogen and oxygen atoms in total. The van der Waals surface area contributed by atoms with Crippen LogP contribution in [0.4, 0.5) is 0 Å². The van der Waals surface area contributed by atoms with Crippen molar-refractivity contribution in [2.45, 2.75) is 25.7 Å². The molecule has 0 aromatic carbocycles. The maximum absolute atomic E-state index is 3.19. The summed E-state index contributed by atoms with van der Waals surface area (Å²) in [6, 6.07) is 0. The number of hydrogen-bond acceptors (Lipinski definition) is 1. The zero-order valence-corrected chi connectivity index (χ0v) is 7.34. The Morgan fingerprint density at radius 3 is 2.80 bits per heavy atom. The van der Waals surface area contributed by atoms with E-state index in [9.17, 15) is 0 Å². The maximum atomic E-state index is 3.19. The lowest BCUT2D eigenvalue weighted by Gasteiger charge is -1.85. The smallest absolute Gasteiger partial charge is 0.0544 e. The van der Waals surface area contributed by atoms with Crippen LogP contribution >= 0.6 is 11.8 Å². The zero-order chi connectivity index (χ0) is 7.23. The lowest BCUT2D eigenvalue weighted by Crippen LogP contribution is -1.74. The van der Waals surface area contributed by atoms with Crippen LogP contribution in [0.1, 0.15) is 25.7 Å². The Kier molecular flexibility index (Phi) is 3.75. The Morgan fingerprint density at radius 1 is 1.40 bits per heavy atom. The predicted molar refractivity (Wildman–Crippen MR) is 48.1 cm³/mol. The third-order valence-corrected chi connectivity index (χ3v) is 2.15. The van der Waals surface area contributed by atoms with Crippen molar-refractivity contribution in [3.05, 3.63) is 0 Å². The van der Waals surface area contributed by atoms with E-state index in [2.05, 4.69) is 18.1 Å². The molecule has 0 unspecified atom stereocenters. The average molecular weight is 154 g/mol. The molecule has 0 aliphatic heterocycles. The molecule has 0 aromatic rings. The highest BCUT2D eigenvalue weighted by molar-refractivity contribution is 7.98. The summed E-state index contributed by atoms with van der Waals surface area (Å²) in [7, 11) is 0. The Hall–Kier alpha value is -0.0900. The highest BCUT2D eigenvalue weighted by Crippen LogP contribution is 2.33. The first-order valence-electron chi connectivity index (χ1n) is 3.88. The summed E-state index contributed by atoms with van der Waals surface area (Å²) in [6.07, 6.45) is 7.50. The largest absolute Gasteiger partial charge is 0.152 e. The fourth-order valence-electron chi connectivity index (χ4n) is 0.894. The van der Waals surface area contributed by atoms with Gasteiger partial charge in [-0.1, -0.05) is 18.8 Å². The molecule has 1 aliphatic carbocycles. The van der Waals surface area contributed by atoms with Crippen molar-refractivity contribution in [3.63, 3.8) is 0 Å². The molecule has 0 bridgehead atoms. The molecule has 0 aromatic heterocycles. The molecular formula is C9H14S. The van der Waals surface area contributed by atoms with Gasteiger partial charge in [0.1, 0.15) is 0 Å². The highest BCUT2D eigenvalue weighted by atomic mass is 32.2. The van der Waals surface area contributed by atoms with Crippen LogP contribution in [0.3, 0.4) is 0 Å². The predicted octanol–water partition coefficient (Wildman–Crippen LogP) is 2.54. The Balaban J connectivity index is 1.88. The molecule has 0 N–H and O–H groups in total. The van der Waals surface area contributed by atoms with E-state index in [1.54, 1.807) is 11.8 Å². The molecule has 1 rings (SSSR count). The summed E-state index contributed by atoms with van der Waals surface area (Å²) >= 11 is 1.80. The molecule has 1 saturated carbocycles. The van der Waals surface area contributed by atoms with Crippen molar-refractivity contribution in [2.24, 2.45) is 5.92 Å². The zero-order valence-electron chi connectivity index (χ0n) is 6.52. The molecule has 0 radical (unpaired) electrons. The van der Waals surface area contributed by atoms with Crippen LogP contribution in [0.5, 0.6) is 0 Å². The average Bonchev–Trinajstić information content (AvgIpc) is 2.71. The van der Waals surface area contributed by atoms with E-state index in [1.165, 1.54) is 19.3 Å². The van der Waals surface area contributed by atoms with Gasteiger partial charge in [0.2, 0.25) is 0 Å². The van der Waals surface area contributed by atoms with Crippen LogP contribution < -0.4 is 0 Å². The third-order valence-electron chi connectivity index (χ3n) is 1.72. The molecule has 0 heterocycles. The first-order chi connectivity index (χ1) is 4.93. The van der Waals surface area contributed by atoms with Crippen molar-refractivity contribution >= 4 is 11.8 Å². The third kappa shape index (κ3) is 3.85. The summed E-state index contributed by atoms with van der Waals surface area (Å²) in [5.74, 6) is 8.37. The second-order valence-corrected chi connectivity index (χ2v) is 3.63. The molecule has 1 fully saturated rings. The van der Waals surface area contributed by atoms with Gasteiger partial charge in [-0.25, -0.2) is 0 Å². The first kappa shape index (κ1) is 8.01. The SMILES string of the molecule is CSCC#CCCC1CC1. The van der Waals surface area contributed by atoms with E-state index in [-0.39, 0.29) is 0 Å². The molecule has 10 heavy (non-hydrogen) atoms. The van der Waals surface area contributed by atoms with E-state index < -0.39 is 0 Å². The van der Waals surface area contributed by atoms with Crippen LogP contribution in [-0.2, 0) is 0 Å². The monoisotopic (exact) mass is 154 g/mol. The second kappa shape index (κ2) is 4.68. The minimum atomic E-state index is 1.00. The van der Waals surface area contributed by atoms with E-state index >= 15 is 0 Å². The summed E-state index contributed by atoms with van der Waals surface area (Å²) in [4.78, 5) is 0. The van der Waals surface area contributed by atoms with Crippen molar-refractivity contribution in [1.82, 2.24) is 0 Å². The lowest BCUT2D eigenvalue weighted by atomic mass is 10.2. The van der Waals surface area contributed by atoms with Crippen LogP contribution in [0.15, 0.2) is 0 Å². The number of hydrogen-bond donors (Lipinski definition) is 0. The second-order valence-electron chi connectivity index (χ2n) is 2.77. The van der Waals surface area contributed by atoms with Gasteiger partial charge in [0, 0.05) is 6.42 Å². The van der Waals surface area contributed by atoms with Gasteiger partial charge >= 0.3 is 0 Å². The molecule has 1 heteroatoms. The summed E-state index contributed by atoms with van der Waals surface area (Å²) in [5.41, 5.74) is 0. The van der Waals surface area contributed by atoms with Crippen molar-refractivity contribution < 1.29 is 0 Å². The molecule has 0 amide bonds. The summed E-state index contributed by atoms with van der Waals surface area (Å²) in [5, 5.41) is 0. The van der Waals surface area contributed by atoms with Gasteiger partial charge in [0.15, 0.2) is 0 Å². The minimum absolute atomic E-state index is 1.00. The van der Waals surface area contributed by atoms with Gasteiger partial charge < -0.3 is 0 Å². The van der Waals surface area contributed by atoms with Gasteiger partial charge in [0.25, 0.3) is 0 Å². The normalized spacial score (nSPS) is 16.1. The maximum Gasteiger partial charge on any atom is 0.0544 e. The van der Waals surface area contributed by atoms with Crippen LogP contribution in [0, 0.1) is 17.8 Å². The topological polar surface area (TPSA) is 0 Å². The Labute approximate surface area is 67.8 Å². The fourth-order valence-corrected chi connectivity index (χ4v) is 1.14. The molecule has 0 saturated heterocycles. The molecule has 56 valence electrons. The van der Waals surface area contributed by atoms with Gasteiger partial charge in [-0.3, -0.25) is 0 Å². The van der Waals surface area contributed by atoms with Gasteiger partial charge in [-0.2, -0.15) is 11.8 Å². The van der Waals surface area contributed by atoms with Gasteiger partial charge in [-0.15, -0.1) is 5.92 Å². The quantitative estimate of drug-likeness (QED) is 0.563. The number of rotatable bonds is 3. The molecule has 0 atom stereocenters. The summed E-state index contributed by atoms with van der Waals surface area (Å²) < 4.78 is 0. The fraction of sp³-hybridized carbons (Fsp3) is 0.778. The van der Waals surface area contributed by atoms with E-state index in [4.69, 9.17) is 0 Å². The highest BCUT2D eigenvalue weighted by Gasteiger charge is 2.19. The lowest BCUT2D eigenvalue weighted by molar-refractivity contribution is 0.752. The first-order valence-corrected chi connectivity index (χ1v) is 5.27. The standard InChI is InChI=1S/C9H14S/c1-10-8-4-2-3-5-9-6-7-9/h9H,3,5-8H2,1H3. The summed E-state index contributed by atoms with van der Waals surface area (Å²) in [6.45, 7) is 0. The molecular weight excluding hydrogens is 140 g/mol. The Bertz CT molecular complexity index is 137. The van der Waals surface area contributed by atoms with E-state index in [0.717, 1.165) is 18.1 Å². The van der Waals surface area contributed by atoms with Crippen LogP contribution in [-0.4, -0.2) is 12.0 Å². The van der Waals surface area contributed by atoms with Gasteiger partial charge in [0.05, 0.1) is 5.75 Å². The van der Waals surface area contributed by atoms with E-state index in [0.29, 0.717) is 0 Å². The van der Waals surface area contributed by atoms with Crippen molar-refractivity contribution in [1.29, 1.82) is 0 Å². The number of thioether (sulfide) groups is 1. The van der Waals surface area contributed by atoms with Crippen molar-refractivity contribution in [3.8, 4) is 11.8 Å². The minimum Gasteiger partial charge on any atom is -0.152 e. The van der Waals surface area contributed by atoms with Crippen molar-refractivity contribution in [2.75, 3.05) is 12.0 Å². The van der Waals surface area contributed by atoms with Gasteiger partial charge in [-0.05, 0) is 18.6 Å². The molecule has 0 spiro atoms. The Morgan fingerprint density at radius 2 is 2.20 bits per heavy atom.